The number of nitrogens with zero attached hydrogens (tertiary/aromatic N) is 2. The summed E-state index contributed by atoms with van der Waals surface area (Å²) in [5.74, 6) is -5.21. The summed E-state index contributed by atoms with van der Waals surface area (Å²) in [4.78, 5) is 44.1. The minimum atomic E-state index is -1.48. The number of rotatable bonds is 11. The monoisotopic (exact) mass is 377 g/mol. The number of carbonyl (C=O) groups is 4. The van der Waals surface area contributed by atoms with Crippen molar-refractivity contribution in [3.8, 4) is 0 Å². The predicted octanol–water partition coefficient (Wildman–Crippen LogP) is -6.40. The maximum atomic E-state index is 10.5. The summed E-state index contributed by atoms with van der Waals surface area (Å²) in [7, 11) is 0. The first-order valence-corrected chi connectivity index (χ1v) is 5.50. The molecule has 0 unspecified atom stereocenters. The van der Waals surface area contributed by atoms with Gasteiger partial charge in [-0.15, -0.1) is 0 Å². The van der Waals surface area contributed by atoms with E-state index in [-0.39, 0.29) is 59.7 Å². The van der Waals surface area contributed by atoms with Gasteiger partial charge < -0.3 is 25.2 Å². The van der Waals surface area contributed by atoms with Crippen molar-refractivity contribution < 1.29 is 86.2 Å². The third-order valence-electron chi connectivity index (χ3n) is 2.16. The minimum absolute atomic E-state index is 0. The van der Waals surface area contributed by atoms with Gasteiger partial charge in [0.15, 0.2) is 0 Å². The molecule has 0 aliphatic carbocycles. The largest absolute Gasteiger partial charge is 1.00 e. The van der Waals surface area contributed by atoms with Crippen molar-refractivity contribution >= 4 is 23.9 Å². The Morgan fingerprint density at radius 3 is 1.23 bits per heavy atom. The molecule has 1 radical (unpaired) electrons. The molecule has 22 heavy (non-hydrogen) atoms. The molecule has 12 heteroatoms. The van der Waals surface area contributed by atoms with Crippen molar-refractivity contribution in [3.05, 3.63) is 0 Å². The topological polar surface area (TPSA) is 159 Å². The zero-order chi connectivity index (χ0) is 15.7. The molecule has 0 aromatic rings. The van der Waals surface area contributed by atoms with Crippen LogP contribution in [-0.2, 0) is 36.2 Å². The molecule has 0 aliphatic rings. The molecule has 0 heterocycles. The zero-order valence-corrected chi connectivity index (χ0v) is 14.8. The summed E-state index contributed by atoms with van der Waals surface area (Å²) < 4.78 is 0. The van der Waals surface area contributed by atoms with E-state index in [0.717, 1.165) is 9.80 Å². The van der Waals surface area contributed by atoms with Crippen LogP contribution < -0.4 is 34.7 Å². The predicted molar refractivity (Wildman–Crippen MR) is 60.8 cm³/mol. The van der Waals surface area contributed by atoms with E-state index >= 15 is 0 Å². The Labute approximate surface area is 158 Å². The Morgan fingerprint density at radius 2 is 1.00 bits per heavy atom. The van der Waals surface area contributed by atoms with Gasteiger partial charge in [-0.25, -0.2) is 0 Å². The van der Waals surface area contributed by atoms with Crippen LogP contribution in [0.2, 0.25) is 0 Å². The first-order chi connectivity index (χ1) is 9.20. The summed E-state index contributed by atoms with van der Waals surface area (Å²) in [6.07, 6.45) is 0. The van der Waals surface area contributed by atoms with Crippen LogP contribution in [0, 0.1) is 0 Å². The van der Waals surface area contributed by atoms with E-state index < -0.39 is 50.1 Å². The van der Waals surface area contributed by atoms with Gasteiger partial charge in [0.1, 0.15) is 0 Å². The second kappa shape index (κ2) is 13.9. The molecule has 0 bridgehead atoms. The molecule has 0 amide bonds. The van der Waals surface area contributed by atoms with E-state index in [1.165, 1.54) is 0 Å². The van der Waals surface area contributed by atoms with E-state index in [1.54, 1.807) is 0 Å². The molecule has 10 nitrogen and oxygen atoms in total. The van der Waals surface area contributed by atoms with Crippen LogP contribution in [0.1, 0.15) is 0 Å². The molecule has 0 aromatic heterocycles. The van der Waals surface area contributed by atoms with Gasteiger partial charge in [-0.1, -0.05) is 0 Å². The first-order valence-electron chi connectivity index (χ1n) is 5.50. The fourth-order valence-electron chi connectivity index (χ4n) is 1.47. The molecule has 0 aromatic carbocycles. The Balaban J connectivity index is -0.00000180. The third-order valence-corrected chi connectivity index (χ3v) is 2.16. The standard InChI is InChI=1S/C10H16N2O8.Cu.Na/c13-7(14)3-11(4-8(15)16)1-2-12(5-9(17)18)6-10(19)20;;/h1-6H2,(H,13,14)(H,15,16)(H,17,18)(H,19,20);;/q;;+1/p-1. The molecule has 3 N–H and O–H groups in total. The van der Waals surface area contributed by atoms with Crippen molar-refractivity contribution in [1.82, 2.24) is 9.80 Å². The van der Waals surface area contributed by atoms with Crippen LogP contribution in [0.15, 0.2) is 0 Å². The average molecular weight is 378 g/mol. The van der Waals surface area contributed by atoms with Crippen molar-refractivity contribution in [2.45, 2.75) is 0 Å². The Hall–Kier alpha value is -0.681. The number of carboxylic acid groups (broad SMARTS) is 4. The molecular formula is C10H15CuN2NaO8. The van der Waals surface area contributed by atoms with E-state index in [1.807, 2.05) is 0 Å². The second-order valence-corrected chi connectivity index (χ2v) is 3.97. The SMILES string of the molecule is O=C([O-])CN(CCN(CC(=O)O)CC(=O)O)CC(=O)O.[Cu].[Na+]. The fraction of sp³-hybridized carbons (Fsp3) is 0.600. The van der Waals surface area contributed by atoms with Gasteiger partial charge in [0.2, 0.25) is 0 Å². The number of hydrogen-bond donors (Lipinski definition) is 3. The van der Waals surface area contributed by atoms with Crippen molar-refractivity contribution in [2.24, 2.45) is 0 Å². The van der Waals surface area contributed by atoms with Crippen LogP contribution in [-0.4, -0.2) is 88.3 Å². The molecule has 0 saturated heterocycles. The molecule has 0 saturated carbocycles. The number of carbonyl (C=O) groups excluding carboxylic acids is 1. The van der Waals surface area contributed by atoms with E-state index in [9.17, 15) is 24.3 Å². The van der Waals surface area contributed by atoms with Crippen LogP contribution in [0.25, 0.3) is 0 Å². The van der Waals surface area contributed by atoms with Crippen molar-refractivity contribution in [1.29, 1.82) is 0 Å². The van der Waals surface area contributed by atoms with E-state index in [0.29, 0.717) is 0 Å². The van der Waals surface area contributed by atoms with Crippen molar-refractivity contribution in [3.63, 3.8) is 0 Å². The summed E-state index contributed by atoms with van der Waals surface area (Å²) >= 11 is 0. The van der Waals surface area contributed by atoms with Crippen LogP contribution in [0.4, 0.5) is 0 Å². The molecule has 0 fully saturated rings. The molecule has 0 rings (SSSR count). The summed E-state index contributed by atoms with van der Waals surface area (Å²) in [6.45, 7) is -2.50. The smallest absolute Gasteiger partial charge is 0.549 e. The Kier molecular flexibility index (Phi) is 16.6. The molecule has 0 aliphatic heterocycles. The molecule has 125 valence electrons. The first kappa shape index (κ1) is 26.2. The van der Waals surface area contributed by atoms with Gasteiger partial charge in [-0.05, 0) is 0 Å². The van der Waals surface area contributed by atoms with Gasteiger partial charge in [-0.2, -0.15) is 0 Å². The van der Waals surface area contributed by atoms with Crippen LogP contribution in [0.5, 0.6) is 0 Å². The quantitative estimate of drug-likeness (QED) is 0.295. The van der Waals surface area contributed by atoms with Crippen molar-refractivity contribution in [2.75, 3.05) is 39.3 Å². The van der Waals surface area contributed by atoms with Gasteiger partial charge in [0.05, 0.1) is 25.6 Å². The normalized spacial score (nSPS) is 9.73. The van der Waals surface area contributed by atoms with Crippen LogP contribution >= 0.6 is 0 Å². The summed E-state index contributed by atoms with van der Waals surface area (Å²) in [5, 5.41) is 36.3. The maximum absolute atomic E-state index is 10.5. The van der Waals surface area contributed by atoms with Gasteiger partial charge in [0.25, 0.3) is 0 Å². The fourth-order valence-corrected chi connectivity index (χ4v) is 1.47. The Bertz CT molecular complexity index is 327. The third kappa shape index (κ3) is 15.7. The number of aliphatic carboxylic acids is 4. The summed E-state index contributed by atoms with van der Waals surface area (Å²) in [5.41, 5.74) is 0. The average Bonchev–Trinajstić information content (AvgIpc) is 2.22. The number of carboxylic acids is 4. The van der Waals surface area contributed by atoms with E-state index in [4.69, 9.17) is 15.3 Å². The molecule has 0 spiro atoms. The molecular weight excluding hydrogens is 363 g/mol. The van der Waals surface area contributed by atoms with Gasteiger partial charge in [0, 0.05) is 36.7 Å². The van der Waals surface area contributed by atoms with Gasteiger partial charge in [-0.3, -0.25) is 24.2 Å². The minimum Gasteiger partial charge on any atom is -0.549 e. The van der Waals surface area contributed by atoms with Gasteiger partial charge >= 0.3 is 47.5 Å². The maximum Gasteiger partial charge on any atom is 1.00 e. The Morgan fingerprint density at radius 1 is 0.727 bits per heavy atom. The van der Waals surface area contributed by atoms with Crippen LogP contribution in [0.3, 0.4) is 0 Å². The second-order valence-electron chi connectivity index (χ2n) is 3.97. The van der Waals surface area contributed by atoms with E-state index in [2.05, 4.69) is 0 Å². The number of hydrogen-bond acceptors (Lipinski definition) is 7. The molecule has 0 atom stereocenters. The summed E-state index contributed by atoms with van der Waals surface area (Å²) in [6, 6.07) is 0. The zero-order valence-electron chi connectivity index (χ0n) is 11.8.